The summed E-state index contributed by atoms with van der Waals surface area (Å²) in [5, 5.41) is 3.20. The average molecular weight is 381 g/mol. The fourth-order valence-electron chi connectivity index (χ4n) is 3.36. The lowest BCUT2D eigenvalue weighted by molar-refractivity contribution is -0.140. The van der Waals surface area contributed by atoms with Crippen molar-refractivity contribution < 1.29 is 26.0 Å². The van der Waals surface area contributed by atoms with Crippen molar-refractivity contribution in [2.45, 2.75) is 23.5 Å². The van der Waals surface area contributed by atoms with Gasteiger partial charge < -0.3 is 5.32 Å². The highest BCUT2D eigenvalue weighted by atomic mass is 32.2. The summed E-state index contributed by atoms with van der Waals surface area (Å²) < 4.78 is 79.2. The van der Waals surface area contributed by atoms with E-state index < -0.39 is 32.5 Å². The molecular weight excluding hydrogens is 362 g/mol. The lowest BCUT2D eigenvalue weighted by atomic mass is 10.2. The number of rotatable bonds is 3. The van der Waals surface area contributed by atoms with E-state index in [1.165, 1.54) is 0 Å². The van der Waals surface area contributed by atoms with Crippen LogP contribution in [0, 0.1) is 5.82 Å². The first-order valence-electron chi connectivity index (χ1n) is 8.01. The summed E-state index contributed by atoms with van der Waals surface area (Å²) in [6.07, 6.45) is -4.37. The molecule has 3 rings (SSSR count). The molecule has 0 radical (unpaired) electrons. The van der Waals surface area contributed by atoms with Crippen molar-refractivity contribution in [1.82, 2.24) is 14.5 Å². The maximum Gasteiger partial charge on any atom is 0.417 e. The molecule has 2 fully saturated rings. The van der Waals surface area contributed by atoms with Crippen LogP contribution < -0.4 is 5.32 Å². The van der Waals surface area contributed by atoms with Crippen molar-refractivity contribution in [3.8, 4) is 0 Å². The van der Waals surface area contributed by atoms with Crippen LogP contribution in [0.1, 0.15) is 12.0 Å². The van der Waals surface area contributed by atoms with Gasteiger partial charge in [-0.25, -0.2) is 12.8 Å². The minimum atomic E-state index is -4.94. The molecule has 2 aliphatic heterocycles. The Kier molecular flexibility index (Phi) is 5.06. The summed E-state index contributed by atoms with van der Waals surface area (Å²) in [4.78, 5) is 1.27. The van der Waals surface area contributed by atoms with E-state index in [1.54, 1.807) is 0 Å². The van der Waals surface area contributed by atoms with Gasteiger partial charge in [0, 0.05) is 45.3 Å². The van der Waals surface area contributed by atoms with Crippen molar-refractivity contribution in [1.29, 1.82) is 0 Å². The summed E-state index contributed by atoms with van der Waals surface area (Å²) in [7, 11) is -4.34. The van der Waals surface area contributed by atoms with Crippen LogP contribution in [0.5, 0.6) is 0 Å². The predicted molar refractivity (Wildman–Crippen MR) is 83.0 cm³/mol. The normalized spacial score (nSPS) is 23.9. The third-order valence-corrected chi connectivity index (χ3v) is 6.58. The van der Waals surface area contributed by atoms with Crippen LogP contribution in [-0.2, 0) is 16.2 Å². The number of hydrogen-bond donors (Lipinski definition) is 1. The average Bonchev–Trinajstić information content (AvgIpc) is 3.05. The predicted octanol–water partition coefficient (Wildman–Crippen LogP) is 1.51. The van der Waals surface area contributed by atoms with Crippen LogP contribution in [0.25, 0.3) is 0 Å². The van der Waals surface area contributed by atoms with Gasteiger partial charge in [0.1, 0.15) is 5.82 Å². The molecule has 0 saturated carbocycles. The topological polar surface area (TPSA) is 52.7 Å². The monoisotopic (exact) mass is 381 g/mol. The van der Waals surface area contributed by atoms with Crippen LogP contribution in [0.3, 0.4) is 0 Å². The van der Waals surface area contributed by atoms with Crippen LogP contribution in [0.15, 0.2) is 23.1 Å². The summed E-state index contributed by atoms with van der Waals surface area (Å²) in [5.41, 5.74) is -1.46. The number of alkyl halides is 3. The van der Waals surface area contributed by atoms with Crippen molar-refractivity contribution in [3.63, 3.8) is 0 Å². The second-order valence-electron chi connectivity index (χ2n) is 6.23. The van der Waals surface area contributed by atoms with Crippen LogP contribution in [0.4, 0.5) is 17.6 Å². The number of piperazine rings is 1. The lowest BCUT2D eigenvalue weighted by Crippen LogP contribution is -2.49. The molecule has 2 heterocycles. The first kappa shape index (κ1) is 18.6. The highest BCUT2D eigenvalue weighted by molar-refractivity contribution is 7.89. The first-order valence-corrected chi connectivity index (χ1v) is 9.45. The zero-order valence-corrected chi connectivity index (χ0v) is 14.2. The molecular formula is C15H19F4N3O2S. The number of hydrogen-bond acceptors (Lipinski definition) is 4. The van der Waals surface area contributed by atoms with Crippen molar-refractivity contribution in [3.05, 3.63) is 29.6 Å². The van der Waals surface area contributed by atoms with E-state index in [-0.39, 0.29) is 25.2 Å². The molecule has 0 aromatic heterocycles. The zero-order chi connectivity index (χ0) is 18.2. The van der Waals surface area contributed by atoms with Crippen LogP contribution >= 0.6 is 0 Å². The Labute approximate surface area is 143 Å². The first-order chi connectivity index (χ1) is 11.7. The standard InChI is InChI=1S/C15H19F4N3O2S/c16-11-1-2-14(13(9-11)15(17,18)19)25(23,24)22-6-3-12(10-22)21-7-4-20-5-8-21/h1-2,9,12,20H,3-8,10H2. The molecule has 2 aliphatic rings. The highest BCUT2D eigenvalue weighted by Crippen LogP contribution is 2.36. The van der Waals surface area contributed by atoms with E-state index in [2.05, 4.69) is 10.2 Å². The quantitative estimate of drug-likeness (QED) is 0.807. The SMILES string of the molecule is O=S(=O)(c1ccc(F)cc1C(F)(F)F)N1CCC(N2CCNCC2)C1. The summed E-state index contributed by atoms with van der Waals surface area (Å²) >= 11 is 0. The van der Waals surface area contributed by atoms with Gasteiger partial charge in [-0.2, -0.15) is 17.5 Å². The van der Waals surface area contributed by atoms with Crippen LogP contribution in [0.2, 0.25) is 0 Å². The van der Waals surface area contributed by atoms with Crippen LogP contribution in [-0.4, -0.2) is 62.9 Å². The van der Waals surface area contributed by atoms with Gasteiger partial charge in [0.2, 0.25) is 10.0 Å². The molecule has 1 aromatic carbocycles. The third kappa shape index (κ3) is 3.81. The molecule has 140 valence electrons. The Morgan fingerprint density at radius 1 is 1.12 bits per heavy atom. The number of halogens is 4. The molecule has 1 aromatic rings. The zero-order valence-electron chi connectivity index (χ0n) is 13.4. The van der Waals surface area contributed by atoms with E-state index in [0.717, 1.165) is 36.6 Å². The highest BCUT2D eigenvalue weighted by Gasteiger charge is 2.42. The second-order valence-corrected chi connectivity index (χ2v) is 8.14. The Morgan fingerprint density at radius 3 is 2.44 bits per heavy atom. The largest absolute Gasteiger partial charge is 0.417 e. The van der Waals surface area contributed by atoms with E-state index in [0.29, 0.717) is 12.5 Å². The van der Waals surface area contributed by atoms with Crippen molar-refractivity contribution in [2.24, 2.45) is 0 Å². The molecule has 0 spiro atoms. The molecule has 5 nitrogen and oxygen atoms in total. The summed E-state index contributed by atoms with van der Waals surface area (Å²) in [6, 6.07) is 1.67. The number of nitrogens with one attached hydrogen (secondary N) is 1. The van der Waals surface area contributed by atoms with Gasteiger partial charge >= 0.3 is 6.18 Å². The van der Waals surface area contributed by atoms with E-state index in [4.69, 9.17) is 0 Å². The Bertz CT molecular complexity index is 733. The van der Waals surface area contributed by atoms with E-state index >= 15 is 0 Å². The van der Waals surface area contributed by atoms with Gasteiger partial charge in [0.05, 0.1) is 10.5 Å². The number of nitrogens with zero attached hydrogens (tertiary/aromatic N) is 2. The number of benzene rings is 1. The molecule has 1 N–H and O–H groups in total. The molecule has 10 heteroatoms. The van der Waals surface area contributed by atoms with E-state index in [1.807, 2.05) is 0 Å². The Balaban J connectivity index is 1.85. The third-order valence-electron chi connectivity index (χ3n) is 4.66. The lowest BCUT2D eigenvalue weighted by Gasteiger charge is -2.32. The molecule has 1 unspecified atom stereocenters. The second kappa shape index (κ2) is 6.82. The Morgan fingerprint density at radius 2 is 1.80 bits per heavy atom. The fourth-order valence-corrected chi connectivity index (χ4v) is 5.05. The Hall–Kier alpha value is -1.23. The minimum absolute atomic E-state index is 0.00772. The van der Waals surface area contributed by atoms with Gasteiger partial charge in [-0.1, -0.05) is 0 Å². The van der Waals surface area contributed by atoms with Gasteiger partial charge in [0.15, 0.2) is 0 Å². The summed E-state index contributed by atoms with van der Waals surface area (Å²) in [5.74, 6) is -1.12. The van der Waals surface area contributed by atoms with Gasteiger partial charge in [-0.15, -0.1) is 0 Å². The van der Waals surface area contributed by atoms with Gasteiger partial charge in [0.25, 0.3) is 0 Å². The molecule has 0 amide bonds. The fraction of sp³-hybridized carbons (Fsp3) is 0.600. The van der Waals surface area contributed by atoms with Gasteiger partial charge in [-0.05, 0) is 24.6 Å². The minimum Gasteiger partial charge on any atom is -0.314 e. The molecule has 25 heavy (non-hydrogen) atoms. The molecule has 0 aliphatic carbocycles. The summed E-state index contributed by atoms with van der Waals surface area (Å²) in [6.45, 7) is 3.48. The molecule has 1 atom stereocenters. The molecule has 2 saturated heterocycles. The smallest absolute Gasteiger partial charge is 0.314 e. The van der Waals surface area contributed by atoms with E-state index in [9.17, 15) is 26.0 Å². The molecule has 0 bridgehead atoms. The van der Waals surface area contributed by atoms with Gasteiger partial charge in [-0.3, -0.25) is 4.90 Å². The maximum atomic E-state index is 13.2. The van der Waals surface area contributed by atoms with Crippen molar-refractivity contribution in [2.75, 3.05) is 39.3 Å². The number of sulfonamides is 1. The van der Waals surface area contributed by atoms with Crippen molar-refractivity contribution >= 4 is 10.0 Å². The maximum absolute atomic E-state index is 13.2.